The third kappa shape index (κ3) is 3.88. The van der Waals surface area contributed by atoms with Gasteiger partial charge < -0.3 is 5.32 Å². The summed E-state index contributed by atoms with van der Waals surface area (Å²) in [5.74, 6) is -0.212. The van der Waals surface area contributed by atoms with Gasteiger partial charge in [0.2, 0.25) is 5.91 Å². The monoisotopic (exact) mass is 399 g/mol. The van der Waals surface area contributed by atoms with Gasteiger partial charge in [-0.1, -0.05) is 18.2 Å². The van der Waals surface area contributed by atoms with Crippen molar-refractivity contribution in [1.29, 1.82) is 0 Å². The normalized spacial score (nSPS) is 11.2. The van der Waals surface area contributed by atoms with Crippen LogP contribution in [0.4, 0.5) is 5.69 Å². The third-order valence-electron chi connectivity index (χ3n) is 4.81. The summed E-state index contributed by atoms with van der Waals surface area (Å²) >= 11 is 0. The highest BCUT2D eigenvalue weighted by Crippen LogP contribution is 2.20. The maximum atomic E-state index is 12.4. The van der Waals surface area contributed by atoms with Crippen molar-refractivity contribution >= 4 is 17.7 Å². The van der Waals surface area contributed by atoms with Crippen LogP contribution in [0.3, 0.4) is 0 Å². The number of nitrogens with zero attached hydrogens (tertiary/aromatic N) is 6. The molecule has 0 saturated carbocycles. The first-order chi connectivity index (χ1) is 14.5. The number of rotatable bonds is 5. The Morgan fingerprint density at radius 3 is 2.57 bits per heavy atom. The summed E-state index contributed by atoms with van der Waals surface area (Å²) in [5, 5.41) is 18.7. The van der Waals surface area contributed by atoms with E-state index in [1.54, 1.807) is 10.8 Å². The molecule has 150 valence electrons. The van der Waals surface area contributed by atoms with Crippen LogP contribution in [0.2, 0.25) is 0 Å². The molecule has 2 aromatic carbocycles. The number of aromatic nitrogens is 6. The van der Waals surface area contributed by atoms with Crippen molar-refractivity contribution in [2.75, 3.05) is 5.32 Å². The predicted molar refractivity (Wildman–Crippen MR) is 115 cm³/mol. The number of carbonyl (C=O) groups excluding carboxylic acids is 1. The van der Waals surface area contributed by atoms with Gasteiger partial charge in [-0.05, 0) is 73.2 Å². The average Bonchev–Trinajstić information content (AvgIpc) is 3.36. The number of anilines is 1. The lowest BCUT2D eigenvalue weighted by Gasteiger charge is -2.08. The van der Waals surface area contributed by atoms with Crippen molar-refractivity contribution in [2.45, 2.75) is 20.8 Å². The van der Waals surface area contributed by atoms with Crippen LogP contribution >= 0.6 is 0 Å². The average molecular weight is 399 g/mol. The molecule has 0 spiro atoms. The molecule has 1 N–H and O–H groups in total. The molecule has 0 unspecified atom stereocenters. The van der Waals surface area contributed by atoms with Crippen LogP contribution in [0.25, 0.3) is 17.5 Å². The van der Waals surface area contributed by atoms with Gasteiger partial charge in [0.1, 0.15) is 6.33 Å². The van der Waals surface area contributed by atoms with E-state index in [0.29, 0.717) is 5.69 Å². The number of hydrogen-bond donors (Lipinski definition) is 1. The van der Waals surface area contributed by atoms with Gasteiger partial charge in [0.15, 0.2) is 0 Å². The van der Waals surface area contributed by atoms with E-state index >= 15 is 0 Å². The van der Waals surface area contributed by atoms with Crippen LogP contribution in [-0.4, -0.2) is 35.9 Å². The van der Waals surface area contributed by atoms with E-state index in [9.17, 15) is 4.79 Å². The Hall–Kier alpha value is -4.07. The third-order valence-corrected chi connectivity index (χ3v) is 4.81. The quantitative estimate of drug-likeness (QED) is 0.519. The Bertz CT molecular complexity index is 1210. The summed E-state index contributed by atoms with van der Waals surface area (Å²) < 4.78 is 3.46. The largest absolute Gasteiger partial charge is 0.323 e. The van der Waals surface area contributed by atoms with Crippen LogP contribution in [-0.2, 0) is 4.79 Å². The minimum Gasteiger partial charge on any atom is -0.323 e. The molecule has 4 rings (SSSR count). The molecule has 1 amide bonds. The molecular formula is C22H21N7O. The summed E-state index contributed by atoms with van der Waals surface area (Å²) in [6.45, 7) is 5.87. The zero-order valence-electron chi connectivity index (χ0n) is 16.9. The standard InChI is InChI=1S/C22H21N7O/c1-15-13-18(9-11-21(15)28-14-23-26-27-28)24-22(30)12-10-20-16(2)25-29(17(20)3)19-7-5-4-6-8-19/h4-14H,1-3H3,(H,24,30)/b12-10+. The molecule has 8 nitrogen and oxygen atoms in total. The second kappa shape index (κ2) is 8.12. The number of amides is 1. The molecule has 30 heavy (non-hydrogen) atoms. The van der Waals surface area contributed by atoms with Gasteiger partial charge in [-0.2, -0.15) is 5.10 Å². The first kappa shape index (κ1) is 19.3. The Balaban J connectivity index is 1.50. The van der Waals surface area contributed by atoms with Crippen LogP contribution in [0, 0.1) is 20.8 Å². The van der Waals surface area contributed by atoms with E-state index in [2.05, 4.69) is 25.9 Å². The van der Waals surface area contributed by atoms with Gasteiger partial charge in [0.25, 0.3) is 0 Å². The lowest BCUT2D eigenvalue weighted by molar-refractivity contribution is -0.111. The molecule has 0 aliphatic rings. The number of nitrogens with one attached hydrogen (secondary N) is 1. The molecule has 2 heterocycles. The van der Waals surface area contributed by atoms with Gasteiger partial charge in [-0.15, -0.1) is 5.10 Å². The number of benzene rings is 2. The molecule has 0 aliphatic heterocycles. The molecule has 0 bridgehead atoms. The fourth-order valence-electron chi connectivity index (χ4n) is 3.32. The van der Waals surface area contributed by atoms with Crippen molar-refractivity contribution in [3.63, 3.8) is 0 Å². The first-order valence-electron chi connectivity index (χ1n) is 9.47. The molecule has 0 radical (unpaired) electrons. The molecule has 0 atom stereocenters. The molecule has 0 saturated heterocycles. The van der Waals surface area contributed by atoms with Gasteiger partial charge in [0.05, 0.1) is 17.1 Å². The van der Waals surface area contributed by atoms with Crippen molar-refractivity contribution in [3.05, 3.63) is 83.4 Å². The van der Waals surface area contributed by atoms with Crippen molar-refractivity contribution in [2.24, 2.45) is 0 Å². The molecular weight excluding hydrogens is 378 g/mol. The number of hydrogen-bond acceptors (Lipinski definition) is 5. The van der Waals surface area contributed by atoms with Gasteiger partial charge in [-0.3, -0.25) is 4.79 Å². The maximum absolute atomic E-state index is 12.4. The Kier molecular flexibility index (Phi) is 5.21. The van der Waals surface area contributed by atoms with E-state index in [1.165, 1.54) is 12.4 Å². The minimum absolute atomic E-state index is 0.212. The second-order valence-corrected chi connectivity index (χ2v) is 6.91. The summed E-state index contributed by atoms with van der Waals surface area (Å²) in [6.07, 6.45) is 4.86. The summed E-state index contributed by atoms with van der Waals surface area (Å²) in [7, 11) is 0. The topological polar surface area (TPSA) is 90.5 Å². The highest BCUT2D eigenvalue weighted by Gasteiger charge is 2.11. The van der Waals surface area contributed by atoms with Gasteiger partial charge in [0, 0.05) is 23.0 Å². The van der Waals surface area contributed by atoms with Crippen LogP contribution in [0.15, 0.2) is 60.9 Å². The Labute approximate surface area is 173 Å². The first-order valence-corrected chi connectivity index (χ1v) is 9.47. The van der Waals surface area contributed by atoms with Crippen LogP contribution in [0.1, 0.15) is 22.5 Å². The summed E-state index contributed by atoms with van der Waals surface area (Å²) in [4.78, 5) is 12.4. The number of aryl methyl sites for hydroxylation is 2. The number of carbonyl (C=O) groups is 1. The van der Waals surface area contributed by atoms with E-state index < -0.39 is 0 Å². The molecule has 4 aromatic rings. The highest BCUT2D eigenvalue weighted by molar-refractivity contribution is 6.02. The number of para-hydroxylation sites is 1. The fourth-order valence-corrected chi connectivity index (χ4v) is 3.32. The van der Waals surface area contributed by atoms with Crippen molar-refractivity contribution < 1.29 is 4.79 Å². The number of tetrazole rings is 1. The zero-order chi connectivity index (χ0) is 21.1. The highest BCUT2D eigenvalue weighted by atomic mass is 16.1. The van der Waals surface area contributed by atoms with E-state index in [4.69, 9.17) is 0 Å². The summed E-state index contributed by atoms with van der Waals surface area (Å²) in [5.41, 5.74) is 6.26. The second-order valence-electron chi connectivity index (χ2n) is 6.91. The Morgan fingerprint density at radius 1 is 1.07 bits per heavy atom. The van der Waals surface area contributed by atoms with Crippen LogP contribution < -0.4 is 5.32 Å². The molecule has 8 heteroatoms. The van der Waals surface area contributed by atoms with E-state index in [-0.39, 0.29) is 5.91 Å². The Morgan fingerprint density at radius 2 is 1.87 bits per heavy atom. The van der Waals surface area contributed by atoms with Gasteiger partial charge in [-0.25, -0.2) is 9.36 Å². The van der Waals surface area contributed by atoms with Gasteiger partial charge >= 0.3 is 0 Å². The predicted octanol–water partition coefficient (Wildman–Crippen LogP) is 3.43. The lowest BCUT2D eigenvalue weighted by atomic mass is 10.1. The minimum atomic E-state index is -0.212. The lowest BCUT2D eigenvalue weighted by Crippen LogP contribution is -2.08. The molecule has 0 fully saturated rings. The summed E-state index contributed by atoms with van der Waals surface area (Å²) in [6, 6.07) is 15.5. The SMILES string of the molecule is Cc1cc(NC(=O)/C=C/c2c(C)nn(-c3ccccc3)c2C)ccc1-n1cnnn1. The zero-order valence-corrected chi connectivity index (χ0v) is 16.9. The molecule has 0 aliphatic carbocycles. The van der Waals surface area contributed by atoms with Crippen molar-refractivity contribution in [1.82, 2.24) is 30.0 Å². The van der Waals surface area contributed by atoms with Crippen LogP contribution in [0.5, 0.6) is 0 Å². The molecule has 2 aromatic heterocycles. The smallest absolute Gasteiger partial charge is 0.248 e. The maximum Gasteiger partial charge on any atom is 0.248 e. The van der Waals surface area contributed by atoms with E-state index in [1.807, 2.05) is 74.0 Å². The van der Waals surface area contributed by atoms with E-state index in [0.717, 1.165) is 33.9 Å². The fraction of sp³-hybridized carbons (Fsp3) is 0.136. The van der Waals surface area contributed by atoms with Crippen molar-refractivity contribution in [3.8, 4) is 11.4 Å².